The smallest absolute Gasteiger partial charge is 0.354 e. The molecule has 1 N–H and O–H groups in total. The van der Waals surface area contributed by atoms with E-state index in [0.29, 0.717) is 17.9 Å². The van der Waals surface area contributed by atoms with Crippen LogP contribution in [-0.2, 0) is 4.79 Å². The summed E-state index contributed by atoms with van der Waals surface area (Å²) in [7, 11) is 0. The summed E-state index contributed by atoms with van der Waals surface area (Å²) in [5, 5.41) is 18.4. The number of allylic oxidation sites excluding steroid dienone is 5. The van der Waals surface area contributed by atoms with Gasteiger partial charge in [-0.3, -0.25) is 0 Å². The van der Waals surface area contributed by atoms with E-state index in [4.69, 9.17) is 9.84 Å². The van der Waals surface area contributed by atoms with E-state index in [0.717, 1.165) is 11.4 Å². The van der Waals surface area contributed by atoms with Crippen molar-refractivity contribution in [3.05, 3.63) is 65.0 Å². The number of nitrogens with zero attached hydrogens (tertiary/aromatic N) is 2. The Labute approximate surface area is 135 Å². The molecule has 2 rings (SSSR count). The number of rotatable bonds is 4. The van der Waals surface area contributed by atoms with Crippen LogP contribution in [0.2, 0.25) is 0 Å². The van der Waals surface area contributed by atoms with Gasteiger partial charge in [0.2, 0.25) is 0 Å². The molecular weight excluding hydrogens is 292 g/mol. The van der Waals surface area contributed by atoms with Crippen LogP contribution in [0.5, 0.6) is 5.75 Å². The van der Waals surface area contributed by atoms with Crippen molar-refractivity contribution >= 4 is 5.97 Å². The molecule has 0 spiro atoms. The largest absolute Gasteiger partial charge is 0.422 e. The molecular formula is C18H18N2O3. The van der Waals surface area contributed by atoms with Gasteiger partial charge in [-0.15, -0.1) is 0 Å². The second kappa shape index (κ2) is 7.43. The van der Waals surface area contributed by atoms with Crippen LogP contribution in [0.1, 0.15) is 13.8 Å². The monoisotopic (exact) mass is 310 g/mol. The van der Waals surface area contributed by atoms with E-state index in [1.54, 1.807) is 36.4 Å². The molecule has 1 aliphatic rings. The summed E-state index contributed by atoms with van der Waals surface area (Å²) in [5.74, 6) is -0.289. The summed E-state index contributed by atoms with van der Waals surface area (Å²) >= 11 is 0. The number of nitriles is 1. The van der Waals surface area contributed by atoms with Crippen molar-refractivity contribution in [2.75, 3.05) is 13.2 Å². The van der Waals surface area contributed by atoms with Crippen LogP contribution < -0.4 is 4.74 Å². The van der Waals surface area contributed by atoms with Gasteiger partial charge in [-0.1, -0.05) is 18.2 Å². The fourth-order valence-corrected chi connectivity index (χ4v) is 2.40. The van der Waals surface area contributed by atoms with Gasteiger partial charge in [0, 0.05) is 23.5 Å². The minimum absolute atomic E-state index is 0.0244. The zero-order chi connectivity index (χ0) is 16.8. The molecule has 118 valence electrons. The summed E-state index contributed by atoms with van der Waals surface area (Å²) in [6.45, 7) is 4.22. The fraction of sp³-hybridized carbons (Fsp3) is 0.222. The predicted molar refractivity (Wildman–Crippen MR) is 86.0 cm³/mol. The van der Waals surface area contributed by atoms with Crippen LogP contribution in [0.3, 0.4) is 0 Å². The highest BCUT2D eigenvalue weighted by Crippen LogP contribution is 2.25. The lowest BCUT2D eigenvalue weighted by molar-refractivity contribution is -0.129. The molecule has 1 aliphatic heterocycles. The second-order valence-corrected chi connectivity index (χ2v) is 5.09. The van der Waals surface area contributed by atoms with Crippen molar-refractivity contribution in [2.24, 2.45) is 0 Å². The molecule has 1 heterocycles. The maximum absolute atomic E-state index is 12.2. The number of β-amino-alcohol motifs (C(OH)–C–C–N with tert-alkyl or cyclic N) is 1. The van der Waals surface area contributed by atoms with Crippen LogP contribution >= 0.6 is 0 Å². The average Bonchev–Trinajstić information content (AvgIpc) is 2.52. The first-order valence-electron chi connectivity index (χ1n) is 7.23. The maximum Gasteiger partial charge on any atom is 0.354 e. The maximum atomic E-state index is 12.2. The standard InChI is InChI=1S/C18H18N2O3/c1-13-10-15(11-14(2)20(13)8-9-21)17(12-19)18(22)23-16-6-4-3-5-7-16/h3-7,10-11,21H,8-9H2,1-2H3. The molecule has 0 fully saturated rings. The van der Waals surface area contributed by atoms with Crippen molar-refractivity contribution in [1.82, 2.24) is 4.90 Å². The lowest BCUT2D eigenvalue weighted by Crippen LogP contribution is -2.26. The van der Waals surface area contributed by atoms with Gasteiger partial charge in [-0.05, 0) is 38.1 Å². The number of esters is 1. The minimum Gasteiger partial charge on any atom is -0.422 e. The Hall–Kier alpha value is -2.84. The van der Waals surface area contributed by atoms with E-state index in [1.807, 2.05) is 30.9 Å². The van der Waals surface area contributed by atoms with Crippen LogP contribution in [-0.4, -0.2) is 29.1 Å². The minimum atomic E-state index is -0.683. The van der Waals surface area contributed by atoms with Crippen molar-refractivity contribution in [3.8, 4) is 11.8 Å². The van der Waals surface area contributed by atoms with Crippen molar-refractivity contribution < 1.29 is 14.6 Å². The Morgan fingerprint density at radius 1 is 1.22 bits per heavy atom. The van der Waals surface area contributed by atoms with Gasteiger partial charge in [-0.25, -0.2) is 4.79 Å². The van der Waals surface area contributed by atoms with Crippen molar-refractivity contribution in [3.63, 3.8) is 0 Å². The molecule has 1 aromatic carbocycles. The highest BCUT2D eigenvalue weighted by Gasteiger charge is 2.20. The van der Waals surface area contributed by atoms with E-state index in [1.165, 1.54) is 0 Å². The summed E-state index contributed by atoms with van der Waals surface area (Å²) in [6.07, 6.45) is 3.49. The number of aliphatic hydroxyl groups excluding tert-OH is 1. The number of hydrogen-bond acceptors (Lipinski definition) is 5. The number of para-hydroxylation sites is 1. The third kappa shape index (κ3) is 3.87. The highest BCUT2D eigenvalue weighted by molar-refractivity contribution is 5.96. The summed E-state index contributed by atoms with van der Waals surface area (Å²) < 4.78 is 5.23. The summed E-state index contributed by atoms with van der Waals surface area (Å²) in [5.41, 5.74) is 2.18. The lowest BCUT2D eigenvalue weighted by Gasteiger charge is -2.29. The van der Waals surface area contributed by atoms with E-state index < -0.39 is 5.97 Å². The molecule has 0 unspecified atom stereocenters. The van der Waals surface area contributed by atoms with Gasteiger partial charge >= 0.3 is 5.97 Å². The lowest BCUT2D eigenvalue weighted by atomic mass is 10.0. The number of hydrogen-bond donors (Lipinski definition) is 1. The number of benzene rings is 1. The Kier molecular flexibility index (Phi) is 5.34. The molecule has 0 saturated heterocycles. The van der Waals surface area contributed by atoms with Crippen LogP contribution in [0.25, 0.3) is 0 Å². The molecule has 5 nitrogen and oxygen atoms in total. The zero-order valence-corrected chi connectivity index (χ0v) is 13.1. The van der Waals surface area contributed by atoms with Gasteiger partial charge in [0.05, 0.1) is 6.61 Å². The first-order valence-corrected chi connectivity index (χ1v) is 7.23. The molecule has 0 atom stereocenters. The quantitative estimate of drug-likeness (QED) is 0.400. The number of aliphatic hydroxyl groups is 1. The van der Waals surface area contributed by atoms with Crippen LogP contribution in [0.4, 0.5) is 0 Å². The SMILES string of the molecule is CC1=CC(=C(C#N)C(=O)Oc2ccccc2)C=C(C)N1CCO. The molecule has 0 radical (unpaired) electrons. The van der Waals surface area contributed by atoms with Gasteiger partial charge in [0.1, 0.15) is 17.4 Å². The Bertz CT molecular complexity index is 702. The average molecular weight is 310 g/mol. The third-order valence-electron chi connectivity index (χ3n) is 3.46. The molecule has 0 aromatic heterocycles. The number of carbonyl (C=O) groups is 1. The van der Waals surface area contributed by atoms with Crippen molar-refractivity contribution in [1.29, 1.82) is 5.26 Å². The first kappa shape index (κ1) is 16.5. The zero-order valence-electron chi connectivity index (χ0n) is 13.1. The van der Waals surface area contributed by atoms with Gasteiger partial charge in [0.15, 0.2) is 0 Å². The topological polar surface area (TPSA) is 73.6 Å². The van der Waals surface area contributed by atoms with Crippen molar-refractivity contribution in [2.45, 2.75) is 13.8 Å². The Morgan fingerprint density at radius 2 is 1.83 bits per heavy atom. The molecule has 5 heteroatoms. The molecule has 0 amide bonds. The summed E-state index contributed by atoms with van der Waals surface area (Å²) in [4.78, 5) is 14.2. The van der Waals surface area contributed by atoms with Gasteiger partial charge in [-0.2, -0.15) is 5.26 Å². The predicted octanol–water partition coefficient (Wildman–Crippen LogP) is 2.53. The van der Waals surface area contributed by atoms with Gasteiger partial charge < -0.3 is 14.7 Å². The van der Waals surface area contributed by atoms with E-state index in [9.17, 15) is 10.1 Å². The summed E-state index contributed by atoms with van der Waals surface area (Å²) in [6, 6.07) is 10.6. The van der Waals surface area contributed by atoms with E-state index >= 15 is 0 Å². The second-order valence-electron chi connectivity index (χ2n) is 5.09. The van der Waals surface area contributed by atoms with Gasteiger partial charge in [0.25, 0.3) is 0 Å². The fourth-order valence-electron chi connectivity index (χ4n) is 2.40. The Balaban J connectivity index is 2.31. The van der Waals surface area contributed by atoms with E-state index in [2.05, 4.69) is 0 Å². The molecule has 23 heavy (non-hydrogen) atoms. The first-order chi connectivity index (χ1) is 11.1. The Morgan fingerprint density at radius 3 is 2.35 bits per heavy atom. The highest BCUT2D eigenvalue weighted by atomic mass is 16.5. The molecule has 1 aromatic rings. The van der Waals surface area contributed by atoms with Crippen LogP contribution in [0, 0.1) is 11.3 Å². The molecule has 0 aliphatic carbocycles. The van der Waals surface area contributed by atoms with Crippen LogP contribution in [0.15, 0.2) is 65.0 Å². The molecule has 0 bridgehead atoms. The third-order valence-corrected chi connectivity index (χ3v) is 3.46. The number of ether oxygens (including phenoxy) is 1. The normalized spacial score (nSPS) is 13.8. The van der Waals surface area contributed by atoms with E-state index in [-0.39, 0.29) is 12.2 Å². The molecule has 0 saturated carbocycles. The number of carbonyl (C=O) groups excluding carboxylic acids is 1.